The average molecular weight is 378 g/mol. The summed E-state index contributed by atoms with van der Waals surface area (Å²) < 4.78 is 40.3. The van der Waals surface area contributed by atoms with Gasteiger partial charge in [-0.05, 0) is 30.3 Å². The molecule has 0 bridgehead atoms. The van der Waals surface area contributed by atoms with Crippen LogP contribution in [-0.4, -0.2) is 19.5 Å². The fraction of sp³-hybridized carbons (Fsp3) is 0.0714. The molecule has 0 fully saturated rings. The highest BCUT2D eigenvalue weighted by molar-refractivity contribution is 7.89. The van der Waals surface area contributed by atoms with Gasteiger partial charge in [-0.2, -0.15) is 0 Å². The van der Waals surface area contributed by atoms with E-state index in [9.17, 15) is 17.6 Å². The number of carboxylic acids is 1. The van der Waals surface area contributed by atoms with Gasteiger partial charge in [0.05, 0.1) is 10.6 Å². The number of hydrogen-bond donors (Lipinski definition) is 2. The molecule has 2 N–H and O–H groups in total. The lowest BCUT2D eigenvalue weighted by atomic mass is 10.2. The highest BCUT2D eigenvalue weighted by atomic mass is 35.5. The molecule has 0 aromatic heterocycles. The Morgan fingerprint density at radius 3 is 2.48 bits per heavy atom. The van der Waals surface area contributed by atoms with E-state index >= 15 is 0 Å². The maximum atomic E-state index is 13.7. The largest absolute Gasteiger partial charge is 0.478 e. The molecule has 0 aliphatic heterocycles. The highest BCUT2D eigenvalue weighted by Crippen LogP contribution is 2.24. The third-order valence-corrected chi connectivity index (χ3v) is 5.21. The van der Waals surface area contributed by atoms with Crippen LogP contribution in [0.5, 0.6) is 0 Å². The summed E-state index contributed by atoms with van der Waals surface area (Å²) in [7, 11) is -4.15. The van der Waals surface area contributed by atoms with E-state index in [0.717, 1.165) is 18.2 Å². The Morgan fingerprint density at radius 2 is 1.87 bits per heavy atom. The molecule has 0 aliphatic rings. The molecule has 9 heteroatoms. The van der Waals surface area contributed by atoms with E-state index < -0.39 is 33.3 Å². The van der Waals surface area contributed by atoms with E-state index in [-0.39, 0.29) is 21.2 Å². The Balaban J connectivity index is 2.33. The van der Waals surface area contributed by atoms with Gasteiger partial charge >= 0.3 is 5.97 Å². The summed E-state index contributed by atoms with van der Waals surface area (Å²) in [6.07, 6.45) is 0. The molecule has 5 nitrogen and oxygen atoms in total. The molecule has 2 aromatic rings. The van der Waals surface area contributed by atoms with Crippen LogP contribution in [0.4, 0.5) is 4.39 Å². The zero-order chi connectivity index (χ0) is 17.2. The van der Waals surface area contributed by atoms with Gasteiger partial charge in [-0.1, -0.05) is 29.3 Å². The van der Waals surface area contributed by atoms with Crippen molar-refractivity contribution in [2.75, 3.05) is 0 Å². The normalized spacial score (nSPS) is 11.4. The maximum absolute atomic E-state index is 13.7. The predicted octanol–water partition coefficient (Wildman–Crippen LogP) is 3.31. The van der Waals surface area contributed by atoms with Crippen LogP contribution >= 0.6 is 23.2 Å². The number of rotatable bonds is 5. The van der Waals surface area contributed by atoms with Crippen LogP contribution < -0.4 is 4.72 Å². The van der Waals surface area contributed by atoms with Gasteiger partial charge in [0, 0.05) is 17.1 Å². The van der Waals surface area contributed by atoms with Crippen LogP contribution in [0.3, 0.4) is 0 Å². The van der Waals surface area contributed by atoms with Crippen molar-refractivity contribution >= 4 is 39.2 Å². The molecule has 0 heterocycles. The molecule has 0 unspecified atom stereocenters. The number of carboxylic acid groups (broad SMARTS) is 1. The number of carbonyl (C=O) groups is 1. The van der Waals surface area contributed by atoms with E-state index in [4.69, 9.17) is 28.3 Å². The first-order valence-electron chi connectivity index (χ1n) is 6.18. The Kier molecular flexibility index (Phi) is 5.26. The summed E-state index contributed by atoms with van der Waals surface area (Å²) in [6, 6.07) is 7.23. The zero-order valence-electron chi connectivity index (χ0n) is 11.4. The second-order valence-corrected chi connectivity index (χ2v) is 7.02. The van der Waals surface area contributed by atoms with Gasteiger partial charge in [0.15, 0.2) is 0 Å². The Morgan fingerprint density at radius 1 is 1.17 bits per heavy atom. The monoisotopic (exact) mass is 377 g/mol. The van der Waals surface area contributed by atoms with Gasteiger partial charge in [0.1, 0.15) is 10.7 Å². The number of aromatic carboxylic acids is 1. The first-order chi connectivity index (χ1) is 10.7. The molecule has 0 amide bonds. The second-order valence-electron chi connectivity index (χ2n) is 4.48. The fourth-order valence-corrected chi connectivity index (χ4v) is 3.54. The molecule has 0 atom stereocenters. The molecule has 2 rings (SSSR count). The lowest BCUT2D eigenvalue weighted by Gasteiger charge is -2.10. The third-order valence-electron chi connectivity index (χ3n) is 2.97. The van der Waals surface area contributed by atoms with Crippen molar-refractivity contribution in [3.05, 3.63) is 63.4 Å². The van der Waals surface area contributed by atoms with Gasteiger partial charge in [0.25, 0.3) is 0 Å². The number of hydrogen-bond acceptors (Lipinski definition) is 3. The molecule has 2 aromatic carbocycles. The summed E-state index contributed by atoms with van der Waals surface area (Å²) in [5.74, 6) is -1.96. The summed E-state index contributed by atoms with van der Waals surface area (Å²) in [5, 5.41) is 8.84. The molecular formula is C14H10Cl2FNO4S. The van der Waals surface area contributed by atoms with E-state index in [2.05, 4.69) is 4.72 Å². The number of benzene rings is 2. The van der Waals surface area contributed by atoms with E-state index in [1.807, 2.05) is 0 Å². The van der Waals surface area contributed by atoms with Crippen molar-refractivity contribution in [2.24, 2.45) is 0 Å². The Hall–Kier alpha value is -1.67. The summed E-state index contributed by atoms with van der Waals surface area (Å²) >= 11 is 11.6. The van der Waals surface area contributed by atoms with Crippen molar-refractivity contribution in [3.8, 4) is 0 Å². The summed E-state index contributed by atoms with van der Waals surface area (Å²) in [5.41, 5.74) is -0.262. The molecule has 0 saturated heterocycles. The van der Waals surface area contributed by atoms with Crippen LogP contribution in [0, 0.1) is 5.82 Å². The van der Waals surface area contributed by atoms with Crippen molar-refractivity contribution in [1.29, 1.82) is 0 Å². The van der Waals surface area contributed by atoms with Crippen LogP contribution in [-0.2, 0) is 16.6 Å². The molecular weight excluding hydrogens is 368 g/mol. The van der Waals surface area contributed by atoms with E-state index in [1.54, 1.807) is 0 Å². The molecule has 0 saturated carbocycles. The first kappa shape index (κ1) is 17.7. The minimum atomic E-state index is -4.15. The number of halogens is 3. The van der Waals surface area contributed by atoms with E-state index in [0.29, 0.717) is 0 Å². The smallest absolute Gasteiger partial charge is 0.335 e. The minimum absolute atomic E-state index is 0.0248. The van der Waals surface area contributed by atoms with Crippen molar-refractivity contribution < 1.29 is 22.7 Å². The van der Waals surface area contributed by atoms with Crippen LogP contribution in [0.1, 0.15) is 15.9 Å². The molecule has 0 spiro atoms. The average Bonchev–Trinajstić information content (AvgIpc) is 2.46. The van der Waals surface area contributed by atoms with Gasteiger partial charge in [-0.3, -0.25) is 0 Å². The lowest BCUT2D eigenvalue weighted by molar-refractivity contribution is 0.0696. The number of sulfonamides is 1. The van der Waals surface area contributed by atoms with Gasteiger partial charge in [-0.15, -0.1) is 0 Å². The lowest BCUT2D eigenvalue weighted by Crippen LogP contribution is -2.24. The third kappa shape index (κ3) is 4.00. The SMILES string of the molecule is O=C(O)c1ccc(Cl)c(S(=O)(=O)NCc2c(F)cccc2Cl)c1. The molecule has 122 valence electrons. The fourth-order valence-electron chi connectivity index (χ4n) is 1.79. The van der Waals surface area contributed by atoms with Gasteiger partial charge in [-0.25, -0.2) is 22.3 Å². The van der Waals surface area contributed by atoms with Gasteiger partial charge < -0.3 is 5.11 Å². The quantitative estimate of drug-likeness (QED) is 0.836. The van der Waals surface area contributed by atoms with Crippen LogP contribution in [0.25, 0.3) is 0 Å². The summed E-state index contributed by atoms with van der Waals surface area (Å²) in [6.45, 7) is -0.401. The Labute approximate surface area is 141 Å². The number of nitrogens with one attached hydrogen (secondary N) is 1. The first-order valence-corrected chi connectivity index (χ1v) is 8.41. The van der Waals surface area contributed by atoms with Crippen molar-refractivity contribution in [2.45, 2.75) is 11.4 Å². The van der Waals surface area contributed by atoms with Crippen molar-refractivity contribution in [3.63, 3.8) is 0 Å². The van der Waals surface area contributed by atoms with Gasteiger partial charge in [0.2, 0.25) is 10.0 Å². The predicted molar refractivity (Wildman–Crippen MR) is 83.8 cm³/mol. The van der Waals surface area contributed by atoms with Crippen molar-refractivity contribution in [1.82, 2.24) is 4.72 Å². The zero-order valence-corrected chi connectivity index (χ0v) is 13.7. The summed E-state index contributed by atoms with van der Waals surface area (Å²) in [4.78, 5) is 10.5. The standard InChI is InChI=1S/C14H10Cl2FNO4S/c15-10-2-1-3-12(17)9(10)7-18-23(21,22)13-6-8(14(19)20)4-5-11(13)16/h1-6,18H,7H2,(H,19,20). The van der Waals surface area contributed by atoms with E-state index in [1.165, 1.54) is 18.2 Å². The van der Waals surface area contributed by atoms with Crippen LogP contribution in [0.15, 0.2) is 41.3 Å². The second kappa shape index (κ2) is 6.84. The topological polar surface area (TPSA) is 83.5 Å². The maximum Gasteiger partial charge on any atom is 0.335 e. The molecule has 0 radical (unpaired) electrons. The highest BCUT2D eigenvalue weighted by Gasteiger charge is 2.21. The molecule has 23 heavy (non-hydrogen) atoms. The minimum Gasteiger partial charge on any atom is -0.478 e. The Bertz CT molecular complexity index is 851. The molecule has 0 aliphatic carbocycles. The van der Waals surface area contributed by atoms with Crippen LogP contribution in [0.2, 0.25) is 10.0 Å².